The fourth-order valence-corrected chi connectivity index (χ4v) is 3.04. The van der Waals surface area contributed by atoms with Gasteiger partial charge in [0.05, 0.1) is 17.6 Å². The van der Waals surface area contributed by atoms with Gasteiger partial charge in [0.15, 0.2) is 0 Å². The number of rotatable bonds is 4. The highest BCUT2D eigenvalue weighted by Gasteiger charge is 2.18. The minimum absolute atomic E-state index is 0.00131. The third kappa shape index (κ3) is 3.13. The van der Waals surface area contributed by atoms with Gasteiger partial charge in [-0.3, -0.25) is 4.68 Å². The molecule has 20 heavy (non-hydrogen) atoms. The zero-order valence-corrected chi connectivity index (χ0v) is 14.0. The van der Waals surface area contributed by atoms with E-state index < -0.39 is 0 Å². The Morgan fingerprint density at radius 1 is 1.25 bits per heavy atom. The molecular weight excluding hydrogens is 315 g/mol. The lowest BCUT2D eigenvalue weighted by molar-refractivity contribution is 0.657. The summed E-state index contributed by atoms with van der Waals surface area (Å²) >= 11 is 18.6. The maximum absolute atomic E-state index is 6.37. The van der Waals surface area contributed by atoms with Gasteiger partial charge in [0.2, 0.25) is 0 Å². The molecule has 0 N–H and O–H groups in total. The lowest BCUT2D eigenvalue weighted by atomic mass is 10.1. The smallest absolute Gasteiger partial charge is 0.0677 e. The first-order chi connectivity index (χ1) is 9.43. The van der Waals surface area contributed by atoms with E-state index in [4.69, 9.17) is 34.8 Å². The Morgan fingerprint density at radius 2 is 1.95 bits per heavy atom. The third-order valence-corrected chi connectivity index (χ3v) is 4.57. The molecule has 2 rings (SSSR count). The average Bonchev–Trinajstić information content (AvgIpc) is 2.68. The summed E-state index contributed by atoms with van der Waals surface area (Å²) < 4.78 is 1.94. The van der Waals surface area contributed by atoms with Gasteiger partial charge in [0.25, 0.3) is 0 Å². The van der Waals surface area contributed by atoms with E-state index in [2.05, 4.69) is 12.0 Å². The van der Waals surface area contributed by atoms with Gasteiger partial charge in [-0.05, 0) is 44.0 Å². The molecule has 1 atom stereocenters. The molecule has 1 unspecified atom stereocenters. The summed E-state index contributed by atoms with van der Waals surface area (Å²) in [5.74, 6) is 0. The van der Waals surface area contributed by atoms with Crippen molar-refractivity contribution in [2.24, 2.45) is 0 Å². The van der Waals surface area contributed by atoms with Gasteiger partial charge in [-0.15, -0.1) is 11.6 Å². The van der Waals surface area contributed by atoms with E-state index in [1.165, 1.54) is 0 Å². The van der Waals surface area contributed by atoms with E-state index in [0.29, 0.717) is 16.6 Å². The topological polar surface area (TPSA) is 17.8 Å². The number of halogens is 3. The first kappa shape index (κ1) is 15.7. The van der Waals surface area contributed by atoms with Crippen molar-refractivity contribution >= 4 is 34.8 Å². The Hall–Kier alpha value is -0.700. The summed E-state index contributed by atoms with van der Waals surface area (Å²) in [6, 6.07) is 5.46. The van der Waals surface area contributed by atoms with Crippen molar-refractivity contribution in [1.82, 2.24) is 9.78 Å². The molecule has 0 aliphatic heterocycles. The number of alkyl halides is 1. The largest absolute Gasteiger partial charge is 0.265 e. The molecule has 0 aliphatic carbocycles. The highest BCUT2D eigenvalue weighted by molar-refractivity contribution is 6.33. The van der Waals surface area contributed by atoms with Gasteiger partial charge in [-0.25, -0.2) is 0 Å². The van der Waals surface area contributed by atoms with E-state index >= 15 is 0 Å². The van der Waals surface area contributed by atoms with Crippen LogP contribution in [-0.2, 0) is 6.54 Å². The molecule has 108 valence electrons. The molecule has 5 heteroatoms. The van der Waals surface area contributed by atoms with Crippen molar-refractivity contribution in [3.8, 4) is 0 Å². The first-order valence-electron chi connectivity index (χ1n) is 6.56. The zero-order chi connectivity index (χ0) is 14.9. The maximum atomic E-state index is 6.37. The molecule has 0 saturated carbocycles. The number of aryl methyl sites for hydroxylation is 1. The van der Waals surface area contributed by atoms with Gasteiger partial charge >= 0.3 is 0 Å². The summed E-state index contributed by atoms with van der Waals surface area (Å²) in [5.41, 5.74) is 4.13. The van der Waals surface area contributed by atoms with Crippen molar-refractivity contribution in [3.05, 3.63) is 50.8 Å². The minimum atomic E-state index is -0.00131. The summed E-state index contributed by atoms with van der Waals surface area (Å²) in [6.07, 6.45) is 0.882. The minimum Gasteiger partial charge on any atom is -0.265 e. The van der Waals surface area contributed by atoms with Gasteiger partial charge in [-0.2, -0.15) is 5.10 Å². The monoisotopic (exact) mass is 330 g/mol. The molecule has 1 aromatic heterocycles. The SMILES string of the molecule is CCC(Cl)c1c(C)nn(Cc2cc(Cl)ccc2Cl)c1C. The zero-order valence-electron chi connectivity index (χ0n) is 11.8. The van der Waals surface area contributed by atoms with E-state index in [1.54, 1.807) is 6.07 Å². The Kier molecular flexibility index (Phi) is 5.00. The standard InChI is InChI=1S/C15H17Cl3N2/c1-4-13(17)15-9(2)19-20(10(15)3)8-11-7-12(16)5-6-14(11)18/h5-7,13H,4,8H2,1-3H3. The van der Waals surface area contributed by atoms with Crippen LogP contribution in [0.5, 0.6) is 0 Å². The molecule has 0 spiro atoms. The fraction of sp³-hybridized carbons (Fsp3) is 0.400. The number of nitrogens with zero attached hydrogens (tertiary/aromatic N) is 2. The van der Waals surface area contributed by atoms with Gasteiger partial charge in [-0.1, -0.05) is 30.1 Å². The fourth-order valence-electron chi connectivity index (χ4n) is 2.35. The Morgan fingerprint density at radius 3 is 2.60 bits per heavy atom. The van der Waals surface area contributed by atoms with Crippen molar-refractivity contribution in [2.45, 2.75) is 39.1 Å². The Bertz CT molecular complexity index is 620. The van der Waals surface area contributed by atoms with Crippen LogP contribution in [0.1, 0.15) is 41.2 Å². The quantitative estimate of drug-likeness (QED) is 0.672. The Labute approximate surface area is 134 Å². The van der Waals surface area contributed by atoms with Crippen LogP contribution < -0.4 is 0 Å². The van der Waals surface area contributed by atoms with Crippen molar-refractivity contribution in [1.29, 1.82) is 0 Å². The van der Waals surface area contributed by atoms with Gasteiger partial charge in [0, 0.05) is 21.3 Å². The van der Waals surface area contributed by atoms with Crippen LogP contribution in [0.4, 0.5) is 0 Å². The van der Waals surface area contributed by atoms with Crippen molar-refractivity contribution in [3.63, 3.8) is 0 Å². The van der Waals surface area contributed by atoms with E-state index in [9.17, 15) is 0 Å². The van der Waals surface area contributed by atoms with Crippen molar-refractivity contribution in [2.75, 3.05) is 0 Å². The van der Waals surface area contributed by atoms with Crippen LogP contribution in [0.25, 0.3) is 0 Å². The van der Waals surface area contributed by atoms with Crippen LogP contribution in [0.2, 0.25) is 10.0 Å². The number of benzene rings is 1. The summed E-state index contributed by atoms with van der Waals surface area (Å²) in [5, 5.41) is 5.95. The second-order valence-corrected chi connectivity index (χ2v) is 6.22. The lowest BCUT2D eigenvalue weighted by Gasteiger charge is -2.10. The molecule has 0 fully saturated rings. The second kappa shape index (κ2) is 6.38. The molecule has 2 nitrogen and oxygen atoms in total. The van der Waals surface area contributed by atoms with E-state index in [0.717, 1.165) is 28.9 Å². The molecule has 0 bridgehead atoms. The molecular formula is C15H17Cl3N2. The lowest BCUT2D eigenvalue weighted by Crippen LogP contribution is -2.05. The predicted octanol–water partition coefficient (Wildman–Crippen LogP) is 5.54. The highest BCUT2D eigenvalue weighted by atomic mass is 35.5. The number of hydrogen-bond donors (Lipinski definition) is 0. The molecule has 1 aromatic carbocycles. The number of hydrogen-bond acceptors (Lipinski definition) is 1. The molecule has 0 saturated heterocycles. The van der Waals surface area contributed by atoms with E-state index in [1.807, 2.05) is 30.7 Å². The normalized spacial score (nSPS) is 12.7. The van der Waals surface area contributed by atoms with Crippen LogP contribution in [-0.4, -0.2) is 9.78 Å². The first-order valence-corrected chi connectivity index (χ1v) is 7.75. The van der Waals surface area contributed by atoms with Crippen molar-refractivity contribution < 1.29 is 0 Å². The molecule has 0 radical (unpaired) electrons. The molecule has 1 heterocycles. The van der Waals surface area contributed by atoms with Crippen LogP contribution >= 0.6 is 34.8 Å². The summed E-state index contributed by atoms with van der Waals surface area (Å²) in [7, 11) is 0. The molecule has 0 aliphatic rings. The number of aromatic nitrogens is 2. The van der Waals surface area contributed by atoms with E-state index in [-0.39, 0.29) is 5.38 Å². The second-order valence-electron chi connectivity index (χ2n) is 4.85. The van der Waals surface area contributed by atoms with Crippen LogP contribution in [0.15, 0.2) is 18.2 Å². The van der Waals surface area contributed by atoms with Gasteiger partial charge < -0.3 is 0 Å². The Balaban J connectivity index is 2.37. The third-order valence-electron chi connectivity index (χ3n) is 3.44. The predicted molar refractivity (Wildman–Crippen MR) is 86.2 cm³/mol. The molecule has 0 amide bonds. The maximum Gasteiger partial charge on any atom is 0.0677 e. The van der Waals surface area contributed by atoms with Gasteiger partial charge in [0.1, 0.15) is 0 Å². The van der Waals surface area contributed by atoms with Crippen LogP contribution in [0, 0.1) is 13.8 Å². The highest BCUT2D eigenvalue weighted by Crippen LogP contribution is 2.30. The summed E-state index contributed by atoms with van der Waals surface area (Å²) in [6.45, 7) is 6.70. The summed E-state index contributed by atoms with van der Waals surface area (Å²) in [4.78, 5) is 0. The molecule has 2 aromatic rings. The average molecular weight is 332 g/mol. The van der Waals surface area contributed by atoms with Crippen LogP contribution in [0.3, 0.4) is 0 Å².